The van der Waals surface area contributed by atoms with E-state index in [1.807, 2.05) is 19.9 Å². The Labute approximate surface area is 67.9 Å². The third-order valence-corrected chi connectivity index (χ3v) is 1.58. The first-order valence-corrected chi connectivity index (χ1v) is 3.99. The molecule has 0 unspecified atom stereocenters. The maximum absolute atomic E-state index is 10.2. The smallest absolute Gasteiger partial charge is 0.303 e. The molecule has 0 aromatic rings. The van der Waals surface area contributed by atoms with Crippen LogP contribution in [0.3, 0.4) is 0 Å². The molecule has 2 heteroatoms. The van der Waals surface area contributed by atoms with Gasteiger partial charge in [0.15, 0.2) is 0 Å². The van der Waals surface area contributed by atoms with E-state index < -0.39 is 5.97 Å². The predicted molar refractivity (Wildman–Crippen MR) is 45.5 cm³/mol. The van der Waals surface area contributed by atoms with Crippen molar-refractivity contribution >= 4 is 5.97 Å². The number of aliphatic carboxylic acids is 1. The molecule has 0 saturated heterocycles. The highest BCUT2D eigenvalue weighted by Gasteiger charge is 2.05. The van der Waals surface area contributed by atoms with Gasteiger partial charge in [0.2, 0.25) is 0 Å². The van der Waals surface area contributed by atoms with Crippen LogP contribution >= 0.6 is 0 Å². The Morgan fingerprint density at radius 2 is 2.27 bits per heavy atom. The van der Waals surface area contributed by atoms with Gasteiger partial charge in [-0.3, -0.25) is 4.79 Å². The van der Waals surface area contributed by atoms with E-state index in [9.17, 15) is 4.79 Å². The highest BCUT2D eigenvalue weighted by molar-refractivity contribution is 5.66. The van der Waals surface area contributed by atoms with Crippen LogP contribution in [-0.2, 0) is 4.79 Å². The molecule has 64 valence electrons. The molecule has 0 aliphatic carbocycles. The minimum Gasteiger partial charge on any atom is -0.481 e. The third-order valence-electron chi connectivity index (χ3n) is 1.58. The van der Waals surface area contributed by atoms with Crippen molar-refractivity contribution in [1.29, 1.82) is 0 Å². The van der Waals surface area contributed by atoms with Crippen molar-refractivity contribution in [3.8, 4) is 0 Å². The summed E-state index contributed by atoms with van der Waals surface area (Å²) in [7, 11) is 0. The van der Waals surface area contributed by atoms with Gasteiger partial charge in [-0.25, -0.2) is 0 Å². The SMILES string of the molecule is CC=CCC[C@@H](C)CC(=O)O. The number of carboxylic acids is 1. The van der Waals surface area contributed by atoms with Crippen LogP contribution in [0, 0.1) is 5.92 Å². The molecule has 0 aromatic carbocycles. The number of hydrogen-bond donors (Lipinski definition) is 1. The maximum atomic E-state index is 10.2. The van der Waals surface area contributed by atoms with E-state index in [4.69, 9.17) is 5.11 Å². The summed E-state index contributed by atoms with van der Waals surface area (Å²) in [5.74, 6) is -0.401. The van der Waals surface area contributed by atoms with E-state index >= 15 is 0 Å². The zero-order chi connectivity index (χ0) is 8.69. The Hall–Kier alpha value is -0.790. The molecule has 0 aliphatic rings. The Morgan fingerprint density at radius 1 is 1.64 bits per heavy atom. The normalized spacial score (nSPS) is 13.6. The molecule has 0 spiro atoms. The monoisotopic (exact) mass is 156 g/mol. The third kappa shape index (κ3) is 7.10. The van der Waals surface area contributed by atoms with Crippen molar-refractivity contribution < 1.29 is 9.90 Å². The maximum Gasteiger partial charge on any atom is 0.303 e. The zero-order valence-corrected chi connectivity index (χ0v) is 7.21. The summed E-state index contributed by atoms with van der Waals surface area (Å²) in [6.45, 7) is 3.94. The van der Waals surface area contributed by atoms with Crippen LogP contribution < -0.4 is 0 Å². The number of hydrogen-bond acceptors (Lipinski definition) is 1. The Balaban J connectivity index is 3.36. The lowest BCUT2D eigenvalue weighted by molar-refractivity contribution is -0.138. The fraction of sp³-hybridized carbons (Fsp3) is 0.667. The molecule has 1 atom stereocenters. The molecule has 0 rings (SSSR count). The van der Waals surface area contributed by atoms with Gasteiger partial charge in [0, 0.05) is 6.42 Å². The van der Waals surface area contributed by atoms with Crippen molar-refractivity contribution in [2.24, 2.45) is 5.92 Å². The Kier molecular flexibility index (Phi) is 5.53. The predicted octanol–water partition coefficient (Wildman–Crippen LogP) is 2.45. The highest BCUT2D eigenvalue weighted by atomic mass is 16.4. The summed E-state index contributed by atoms with van der Waals surface area (Å²) < 4.78 is 0. The summed E-state index contributed by atoms with van der Waals surface area (Å²) in [4.78, 5) is 10.2. The van der Waals surface area contributed by atoms with E-state index in [-0.39, 0.29) is 6.42 Å². The summed E-state index contributed by atoms with van der Waals surface area (Å²) in [6, 6.07) is 0. The first-order valence-electron chi connectivity index (χ1n) is 3.99. The van der Waals surface area contributed by atoms with Gasteiger partial charge in [0.25, 0.3) is 0 Å². The zero-order valence-electron chi connectivity index (χ0n) is 7.21. The molecule has 11 heavy (non-hydrogen) atoms. The first-order chi connectivity index (χ1) is 5.16. The van der Waals surface area contributed by atoms with Crippen LogP contribution in [0.1, 0.15) is 33.1 Å². The minimum absolute atomic E-state index is 0.289. The van der Waals surface area contributed by atoms with Gasteiger partial charge in [-0.05, 0) is 25.7 Å². The van der Waals surface area contributed by atoms with Crippen LogP contribution in [0.2, 0.25) is 0 Å². The second kappa shape index (κ2) is 5.96. The fourth-order valence-electron chi connectivity index (χ4n) is 0.948. The summed E-state index contributed by atoms with van der Waals surface area (Å²) in [6.07, 6.45) is 6.31. The molecule has 0 aromatic heterocycles. The van der Waals surface area contributed by atoms with Crippen LogP contribution in [-0.4, -0.2) is 11.1 Å². The number of carboxylic acid groups (broad SMARTS) is 1. The summed E-state index contributed by atoms with van der Waals surface area (Å²) >= 11 is 0. The van der Waals surface area contributed by atoms with Crippen molar-refractivity contribution in [3.63, 3.8) is 0 Å². The second-order valence-electron chi connectivity index (χ2n) is 2.85. The van der Waals surface area contributed by atoms with Crippen LogP contribution in [0.15, 0.2) is 12.2 Å². The molecule has 2 nitrogen and oxygen atoms in total. The minimum atomic E-state index is -0.696. The van der Waals surface area contributed by atoms with Gasteiger partial charge in [0.05, 0.1) is 0 Å². The molecular weight excluding hydrogens is 140 g/mol. The molecule has 0 radical (unpaired) electrons. The molecular formula is C9H16O2. The lowest BCUT2D eigenvalue weighted by Gasteiger charge is -2.04. The van der Waals surface area contributed by atoms with Crippen molar-refractivity contribution in [3.05, 3.63) is 12.2 Å². The van der Waals surface area contributed by atoms with Gasteiger partial charge in [-0.2, -0.15) is 0 Å². The van der Waals surface area contributed by atoms with Gasteiger partial charge in [-0.1, -0.05) is 19.1 Å². The molecule has 0 aliphatic heterocycles. The average molecular weight is 156 g/mol. The fourth-order valence-corrected chi connectivity index (χ4v) is 0.948. The number of carbonyl (C=O) groups is 1. The lowest BCUT2D eigenvalue weighted by atomic mass is 10.0. The molecule has 0 fully saturated rings. The summed E-state index contributed by atoms with van der Waals surface area (Å²) in [5.41, 5.74) is 0. The van der Waals surface area contributed by atoms with Crippen molar-refractivity contribution in [2.75, 3.05) is 0 Å². The van der Waals surface area contributed by atoms with E-state index in [2.05, 4.69) is 6.08 Å². The van der Waals surface area contributed by atoms with Gasteiger partial charge in [0.1, 0.15) is 0 Å². The standard InChI is InChI=1S/C9H16O2/c1-3-4-5-6-8(2)7-9(10)11/h3-4,8H,5-7H2,1-2H3,(H,10,11)/t8-/m1/s1. The van der Waals surface area contributed by atoms with Crippen molar-refractivity contribution in [1.82, 2.24) is 0 Å². The van der Waals surface area contributed by atoms with E-state index in [0.29, 0.717) is 5.92 Å². The molecule has 1 N–H and O–H groups in total. The molecule has 0 saturated carbocycles. The molecule has 0 heterocycles. The highest BCUT2D eigenvalue weighted by Crippen LogP contribution is 2.09. The van der Waals surface area contributed by atoms with Crippen LogP contribution in [0.25, 0.3) is 0 Å². The summed E-state index contributed by atoms with van der Waals surface area (Å²) in [5, 5.41) is 8.42. The largest absolute Gasteiger partial charge is 0.481 e. The molecule has 0 amide bonds. The van der Waals surface area contributed by atoms with E-state index in [1.165, 1.54) is 0 Å². The van der Waals surface area contributed by atoms with Gasteiger partial charge in [-0.15, -0.1) is 0 Å². The average Bonchev–Trinajstić information content (AvgIpc) is 1.86. The van der Waals surface area contributed by atoms with Crippen LogP contribution in [0.4, 0.5) is 0 Å². The van der Waals surface area contributed by atoms with Crippen LogP contribution in [0.5, 0.6) is 0 Å². The van der Waals surface area contributed by atoms with E-state index in [0.717, 1.165) is 12.8 Å². The van der Waals surface area contributed by atoms with E-state index in [1.54, 1.807) is 0 Å². The Morgan fingerprint density at radius 3 is 2.73 bits per heavy atom. The number of rotatable bonds is 5. The van der Waals surface area contributed by atoms with Crippen molar-refractivity contribution in [2.45, 2.75) is 33.1 Å². The first kappa shape index (κ1) is 10.2. The van der Waals surface area contributed by atoms with Gasteiger partial charge >= 0.3 is 5.97 Å². The lowest BCUT2D eigenvalue weighted by Crippen LogP contribution is -2.03. The topological polar surface area (TPSA) is 37.3 Å². The quantitative estimate of drug-likeness (QED) is 0.621. The number of allylic oxidation sites excluding steroid dienone is 2. The second-order valence-corrected chi connectivity index (χ2v) is 2.85. The Bertz CT molecular complexity index is 138. The molecule has 0 bridgehead atoms. The van der Waals surface area contributed by atoms with Gasteiger partial charge < -0.3 is 5.11 Å².